The summed E-state index contributed by atoms with van der Waals surface area (Å²) in [6.07, 6.45) is 0.923. The largest absolute Gasteiger partial charge is 0.488 e. The van der Waals surface area contributed by atoms with Crippen molar-refractivity contribution in [3.8, 4) is 5.75 Å². The summed E-state index contributed by atoms with van der Waals surface area (Å²) in [6, 6.07) is 6.09. The second kappa shape index (κ2) is 5.54. The van der Waals surface area contributed by atoms with E-state index in [9.17, 15) is 5.11 Å². The van der Waals surface area contributed by atoms with Gasteiger partial charge in [-0.25, -0.2) is 0 Å². The molecule has 0 spiro atoms. The molecule has 0 aromatic heterocycles. The van der Waals surface area contributed by atoms with Gasteiger partial charge in [-0.15, -0.1) is 0 Å². The third-order valence-corrected chi connectivity index (χ3v) is 2.74. The van der Waals surface area contributed by atoms with Crippen molar-refractivity contribution in [2.75, 3.05) is 6.61 Å². The Bertz CT molecular complexity index is 364. The van der Waals surface area contributed by atoms with Crippen molar-refractivity contribution >= 4 is 0 Å². The van der Waals surface area contributed by atoms with Crippen molar-refractivity contribution in [2.45, 2.75) is 52.6 Å². The maximum Gasteiger partial charge on any atom is 0.123 e. The van der Waals surface area contributed by atoms with Crippen LogP contribution in [0.15, 0.2) is 18.2 Å². The summed E-state index contributed by atoms with van der Waals surface area (Å²) in [6.45, 7) is 10.5. The predicted molar refractivity (Wildman–Crippen MR) is 71.7 cm³/mol. The normalized spacial score (nSPS) is 13.5. The molecule has 1 rings (SSSR count). The molecule has 0 saturated heterocycles. The molecule has 2 heteroatoms. The first kappa shape index (κ1) is 14.0. The van der Waals surface area contributed by atoms with Crippen LogP contribution in [0, 0.1) is 0 Å². The summed E-state index contributed by atoms with van der Waals surface area (Å²) in [4.78, 5) is 0. The molecule has 1 unspecified atom stereocenters. The van der Waals surface area contributed by atoms with Crippen molar-refractivity contribution in [3.05, 3.63) is 29.3 Å². The second-order valence-electron chi connectivity index (χ2n) is 5.48. The molecule has 0 bridgehead atoms. The zero-order chi connectivity index (χ0) is 13.1. The quantitative estimate of drug-likeness (QED) is 0.866. The molecule has 0 radical (unpaired) electrons. The topological polar surface area (TPSA) is 29.5 Å². The SMILES string of the molecule is CCc1c(OC(C)(C)C)cccc1C(C)CO. The lowest BCUT2D eigenvalue weighted by Gasteiger charge is -2.25. The molecule has 1 N–H and O–H groups in total. The first-order valence-corrected chi connectivity index (χ1v) is 6.30. The molecular weight excluding hydrogens is 212 g/mol. The lowest BCUT2D eigenvalue weighted by molar-refractivity contribution is 0.129. The first-order chi connectivity index (χ1) is 7.89. The molecule has 0 amide bonds. The first-order valence-electron chi connectivity index (χ1n) is 6.30. The summed E-state index contributed by atoms with van der Waals surface area (Å²) in [7, 11) is 0. The number of benzene rings is 1. The molecule has 0 saturated carbocycles. The van der Waals surface area contributed by atoms with E-state index >= 15 is 0 Å². The van der Waals surface area contributed by atoms with Crippen LogP contribution < -0.4 is 4.74 Å². The Morgan fingerprint density at radius 1 is 1.29 bits per heavy atom. The van der Waals surface area contributed by atoms with Gasteiger partial charge in [-0.1, -0.05) is 26.0 Å². The molecular formula is C15H24O2. The van der Waals surface area contributed by atoms with Crippen LogP contribution >= 0.6 is 0 Å². The van der Waals surface area contributed by atoms with E-state index in [2.05, 4.69) is 33.8 Å². The molecule has 0 aliphatic rings. The minimum absolute atomic E-state index is 0.161. The van der Waals surface area contributed by atoms with Gasteiger partial charge in [0, 0.05) is 12.5 Å². The number of aliphatic hydroxyl groups excluding tert-OH is 1. The van der Waals surface area contributed by atoms with E-state index in [0.717, 1.165) is 12.2 Å². The van der Waals surface area contributed by atoms with Crippen molar-refractivity contribution in [3.63, 3.8) is 0 Å². The smallest absolute Gasteiger partial charge is 0.123 e. The van der Waals surface area contributed by atoms with Crippen LogP contribution in [0.25, 0.3) is 0 Å². The van der Waals surface area contributed by atoms with Crippen molar-refractivity contribution in [2.24, 2.45) is 0 Å². The minimum Gasteiger partial charge on any atom is -0.488 e. The van der Waals surface area contributed by atoms with E-state index in [1.165, 1.54) is 11.1 Å². The van der Waals surface area contributed by atoms with Gasteiger partial charge in [-0.3, -0.25) is 0 Å². The van der Waals surface area contributed by atoms with Crippen molar-refractivity contribution in [1.82, 2.24) is 0 Å². The molecule has 1 aromatic rings. The van der Waals surface area contributed by atoms with E-state index in [1.54, 1.807) is 0 Å². The monoisotopic (exact) mass is 236 g/mol. The van der Waals surface area contributed by atoms with Crippen molar-refractivity contribution < 1.29 is 9.84 Å². The van der Waals surface area contributed by atoms with Gasteiger partial charge in [0.2, 0.25) is 0 Å². The van der Waals surface area contributed by atoms with Gasteiger partial charge < -0.3 is 9.84 Å². The Kier molecular flexibility index (Phi) is 4.58. The predicted octanol–water partition coefficient (Wildman–Crippen LogP) is 3.52. The number of aliphatic hydroxyl groups is 1. The van der Waals surface area contributed by atoms with Crippen LogP contribution in [-0.4, -0.2) is 17.3 Å². The molecule has 2 nitrogen and oxygen atoms in total. The fraction of sp³-hybridized carbons (Fsp3) is 0.600. The molecule has 0 fully saturated rings. The van der Waals surface area contributed by atoms with Gasteiger partial charge in [-0.2, -0.15) is 0 Å². The van der Waals surface area contributed by atoms with Gasteiger partial charge in [-0.05, 0) is 44.4 Å². The number of ether oxygens (including phenoxy) is 1. The van der Waals surface area contributed by atoms with Crippen molar-refractivity contribution in [1.29, 1.82) is 0 Å². The Labute approximate surface area is 105 Å². The molecule has 1 atom stereocenters. The Hall–Kier alpha value is -1.02. The lowest BCUT2D eigenvalue weighted by atomic mass is 9.94. The Morgan fingerprint density at radius 2 is 1.94 bits per heavy atom. The molecule has 17 heavy (non-hydrogen) atoms. The number of hydrogen-bond donors (Lipinski definition) is 1. The maximum absolute atomic E-state index is 9.29. The average molecular weight is 236 g/mol. The zero-order valence-corrected chi connectivity index (χ0v) is 11.6. The van der Waals surface area contributed by atoms with Crippen LogP contribution in [0.2, 0.25) is 0 Å². The second-order valence-corrected chi connectivity index (χ2v) is 5.48. The van der Waals surface area contributed by atoms with Crippen LogP contribution in [0.4, 0.5) is 0 Å². The maximum atomic E-state index is 9.29. The standard InChI is InChI=1S/C15H24O2/c1-6-12-13(11(2)10-16)8-7-9-14(12)17-15(3,4)5/h7-9,11,16H,6,10H2,1-5H3. The van der Waals surface area contributed by atoms with Gasteiger partial charge >= 0.3 is 0 Å². The summed E-state index contributed by atoms with van der Waals surface area (Å²) in [5.41, 5.74) is 2.21. The fourth-order valence-corrected chi connectivity index (χ4v) is 1.95. The summed E-state index contributed by atoms with van der Waals surface area (Å²) in [5, 5.41) is 9.29. The van der Waals surface area contributed by atoms with Gasteiger partial charge in [0.15, 0.2) is 0 Å². The van der Waals surface area contributed by atoms with Crippen LogP contribution in [-0.2, 0) is 6.42 Å². The number of hydrogen-bond acceptors (Lipinski definition) is 2. The Balaban J connectivity index is 3.14. The third-order valence-electron chi connectivity index (χ3n) is 2.74. The summed E-state index contributed by atoms with van der Waals surface area (Å²) in [5.74, 6) is 1.10. The lowest BCUT2D eigenvalue weighted by Crippen LogP contribution is -2.24. The van der Waals surface area contributed by atoms with Crippen LogP contribution in [0.5, 0.6) is 5.75 Å². The van der Waals surface area contributed by atoms with E-state index in [4.69, 9.17) is 4.74 Å². The summed E-state index contributed by atoms with van der Waals surface area (Å²) < 4.78 is 5.98. The zero-order valence-electron chi connectivity index (χ0n) is 11.6. The molecule has 1 aromatic carbocycles. The van der Waals surface area contributed by atoms with Gasteiger partial charge in [0.1, 0.15) is 11.4 Å². The Morgan fingerprint density at radius 3 is 2.41 bits per heavy atom. The molecule has 0 heterocycles. The molecule has 0 aliphatic heterocycles. The van der Waals surface area contributed by atoms with Crippen LogP contribution in [0.3, 0.4) is 0 Å². The number of rotatable bonds is 4. The highest BCUT2D eigenvalue weighted by Crippen LogP contribution is 2.30. The summed E-state index contributed by atoms with van der Waals surface area (Å²) >= 11 is 0. The van der Waals surface area contributed by atoms with E-state index < -0.39 is 0 Å². The highest BCUT2D eigenvalue weighted by molar-refractivity contribution is 5.42. The van der Waals surface area contributed by atoms with E-state index in [0.29, 0.717) is 0 Å². The third kappa shape index (κ3) is 3.74. The fourth-order valence-electron chi connectivity index (χ4n) is 1.95. The average Bonchev–Trinajstić information content (AvgIpc) is 2.25. The van der Waals surface area contributed by atoms with Gasteiger partial charge in [0.05, 0.1) is 0 Å². The molecule has 0 aliphatic carbocycles. The van der Waals surface area contributed by atoms with E-state index in [1.807, 2.05) is 19.1 Å². The van der Waals surface area contributed by atoms with Gasteiger partial charge in [0.25, 0.3) is 0 Å². The highest BCUT2D eigenvalue weighted by Gasteiger charge is 2.17. The minimum atomic E-state index is -0.189. The van der Waals surface area contributed by atoms with E-state index in [-0.39, 0.29) is 18.1 Å². The highest BCUT2D eigenvalue weighted by atomic mass is 16.5. The van der Waals surface area contributed by atoms with Crippen LogP contribution in [0.1, 0.15) is 51.7 Å². The molecule has 96 valence electrons.